The van der Waals surface area contributed by atoms with Gasteiger partial charge < -0.3 is 10.3 Å². The summed E-state index contributed by atoms with van der Waals surface area (Å²) in [6.07, 6.45) is 3.81. The lowest BCUT2D eigenvalue weighted by atomic mass is 9.81. The molecule has 3 nitrogen and oxygen atoms in total. The molecule has 0 aliphatic rings. The Hall–Kier alpha value is -0.830. The van der Waals surface area contributed by atoms with E-state index in [1.807, 2.05) is 12.5 Å². The van der Waals surface area contributed by atoms with Crippen molar-refractivity contribution in [3.05, 3.63) is 18.2 Å². The molecular formula is C14H27N3. The fraction of sp³-hybridized carbons (Fsp3) is 0.786. The van der Waals surface area contributed by atoms with Crippen LogP contribution in [0.5, 0.6) is 0 Å². The molecule has 0 radical (unpaired) electrons. The average Bonchev–Trinajstić information content (AvgIpc) is 2.63. The van der Waals surface area contributed by atoms with E-state index in [0.717, 1.165) is 12.2 Å². The Morgan fingerprint density at radius 3 is 2.35 bits per heavy atom. The van der Waals surface area contributed by atoms with E-state index in [-0.39, 0.29) is 11.5 Å². The summed E-state index contributed by atoms with van der Waals surface area (Å²) >= 11 is 0. The van der Waals surface area contributed by atoms with E-state index >= 15 is 0 Å². The molecule has 0 spiro atoms. The third kappa shape index (κ3) is 3.32. The smallest absolute Gasteiger partial charge is 0.0948 e. The minimum Gasteiger partial charge on any atom is -0.333 e. The first kappa shape index (κ1) is 14.2. The summed E-state index contributed by atoms with van der Waals surface area (Å²) in [5, 5.41) is 0. The Morgan fingerprint density at radius 2 is 1.88 bits per heavy atom. The lowest BCUT2D eigenvalue weighted by Gasteiger charge is -2.31. The number of hydrogen-bond acceptors (Lipinski definition) is 2. The van der Waals surface area contributed by atoms with Gasteiger partial charge in [0.15, 0.2) is 0 Å². The Morgan fingerprint density at radius 1 is 1.29 bits per heavy atom. The van der Waals surface area contributed by atoms with Crippen LogP contribution in [-0.4, -0.2) is 9.55 Å². The van der Waals surface area contributed by atoms with Crippen LogP contribution in [0.1, 0.15) is 53.3 Å². The van der Waals surface area contributed by atoms with Gasteiger partial charge in [-0.2, -0.15) is 0 Å². The van der Waals surface area contributed by atoms with Crippen molar-refractivity contribution in [2.24, 2.45) is 23.0 Å². The number of rotatable bonds is 5. The van der Waals surface area contributed by atoms with Crippen molar-refractivity contribution in [3.8, 4) is 0 Å². The summed E-state index contributed by atoms with van der Waals surface area (Å²) in [6, 6.07) is 0.0699. The molecule has 3 heteroatoms. The molecule has 0 bridgehead atoms. The van der Waals surface area contributed by atoms with Crippen LogP contribution in [0, 0.1) is 17.3 Å². The maximum absolute atomic E-state index is 6.22. The van der Waals surface area contributed by atoms with Gasteiger partial charge in [-0.3, -0.25) is 0 Å². The van der Waals surface area contributed by atoms with E-state index in [1.165, 1.54) is 0 Å². The normalized spacial score (nSPS) is 14.6. The Kier molecular flexibility index (Phi) is 4.36. The minimum absolute atomic E-state index is 0.0699. The predicted octanol–water partition coefficient (Wildman–Crippen LogP) is 3.22. The van der Waals surface area contributed by atoms with Crippen LogP contribution < -0.4 is 5.73 Å². The molecule has 1 aromatic rings. The van der Waals surface area contributed by atoms with Gasteiger partial charge in [0, 0.05) is 18.8 Å². The molecular weight excluding hydrogens is 210 g/mol. The summed E-state index contributed by atoms with van der Waals surface area (Å²) in [7, 11) is 0. The summed E-state index contributed by atoms with van der Waals surface area (Å²) in [4.78, 5) is 4.25. The van der Waals surface area contributed by atoms with Gasteiger partial charge >= 0.3 is 0 Å². The molecule has 0 fully saturated rings. The van der Waals surface area contributed by atoms with Gasteiger partial charge in [-0.05, 0) is 17.3 Å². The molecule has 1 rings (SSSR count). The van der Waals surface area contributed by atoms with Crippen molar-refractivity contribution in [2.75, 3.05) is 0 Å². The molecule has 0 saturated heterocycles. The van der Waals surface area contributed by atoms with Crippen molar-refractivity contribution in [1.82, 2.24) is 9.55 Å². The summed E-state index contributed by atoms with van der Waals surface area (Å²) in [5.41, 5.74) is 7.62. The first-order valence-electron chi connectivity index (χ1n) is 6.51. The van der Waals surface area contributed by atoms with Gasteiger partial charge in [0.1, 0.15) is 0 Å². The predicted molar refractivity (Wildman–Crippen MR) is 72.6 cm³/mol. The minimum atomic E-state index is 0.0699. The molecule has 2 N–H and O–H groups in total. The van der Waals surface area contributed by atoms with Gasteiger partial charge in [-0.25, -0.2) is 4.98 Å². The molecule has 1 aromatic heterocycles. The second-order valence-corrected chi connectivity index (χ2v) is 6.36. The zero-order valence-corrected chi connectivity index (χ0v) is 12.1. The molecule has 0 aliphatic heterocycles. The monoisotopic (exact) mass is 237 g/mol. The molecule has 1 atom stereocenters. The van der Waals surface area contributed by atoms with Crippen LogP contribution in [-0.2, 0) is 6.54 Å². The Labute approximate surface area is 105 Å². The number of imidazole rings is 1. The van der Waals surface area contributed by atoms with Crippen molar-refractivity contribution in [3.63, 3.8) is 0 Å². The number of nitrogens with zero attached hydrogens (tertiary/aromatic N) is 2. The third-order valence-corrected chi connectivity index (χ3v) is 3.95. The lowest BCUT2D eigenvalue weighted by Crippen LogP contribution is -2.28. The zero-order valence-electron chi connectivity index (χ0n) is 12.1. The second kappa shape index (κ2) is 5.21. The maximum atomic E-state index is 6.22. The van der Waals surface area contributed by atoms with E-state index in [4.69, 9.17) is 5.73 Å². The standard InChI is InChI=1S/C14H27N3/c1-10(2)13(15)12-7-16-9-17(12)8-14(5,6)11(3)4/h7,9-11,13H,8,15H2,1-6H3. The van der Waals surface area contributed by atoms with E-state index in [0.29, 0.717) is 11.8 Å². The topological polar surface area (TPSA) is 43.8 Å². The van der Waals surface area contributed by atoms with Crippen LogP contribution in [0.4, 0.5) is 0 Å². The van der Waals surface area contributed by atoms with Crippen LogP contribution in [0.2, 0.25) is 0 Å². The van der Waals surface area contributed by atoms with Gasteiger partial charge in [0.05, 0.1) is 12.0 Å². The second-order valence-electron chi connectivity index (χ2n) is 6.36. The van der Waals surface area contributed by atoms with Gasteiger partial charge in [0.2, 0.25) is 0 Å². The Bertz CT molecular complexity index is 350. The highest BCUT2D eigenvalue weighted by atomic mass is 15.1. The van der Waals surface area contributed by atoms with E-state index in [1.54, 1.807) is 0 Å². The summed E-state index contributed by atoms with van der Waals surface area (Å²) in [6.45, 7) is 14.4. The SMILES string of the molecule is CC(C)C(N)c1cncn1CC(C)(C)C(C)C. The molecule has 0 aliphatic carbocycles. The molecule has 17 heavy (non-hydrogen) atoms. The van der Waals surface area contributed by atoms with Gasteiger partial charge in [0.25, 0.3) is 0 Å². The van der Waals surface area contributed by atoms with Crippen LogP contribution in [0.25, 0.3) is 0 Å². The average molecular weight is 237 g/mol. The van der Waals surface area contributed by atoms with E-state index < -0.39 is 0 Å². The molecule has 0 amide bonds. The lowest BCUT2D eigenvalue weighted by molar-refractivity contribution is 0.206. The van der Waals surface area contributed by atoms with Crippen molar-refractivity contribution in [1.29, 1.82) is 0 Å². The highest BCUT2D eigenvalue weighted by Crippen LogP contribution is 2.30. The Balaban J connectivity index is 2.90. The van der Waals surface area contributed by atoms with Crippen LogP contribution >= 0.6 is 0 Å². The first-order valence-corrected chi connectivity index (χ1v) is 6.51. The molecule has 0 saturated carbocycles. The van der Waals surface area contributed by atoms with Crippen LogP contribution in [0.3, 0.4) is 0 Å². The van der Waals surface area contributed by atoms with Crippen LogP contribution in [0.15, 0.2) is 12.5 Å². The fourth-order valence-electron chi connectivity index (χ4n) is 1.70. The zero-order chi connectivity index (χ0) is 13.2. The van der Waals surface area contributed by atoms with Gasteiger partial charge in [-0.15, -0.1) is 0 Å². The third-order valence-electron chi connectivity index (χ3n) is 3.95. The number of aromatic nitrogens is 2. The maximum Gasteiger partial charge on any atom is 0.0948 e. The van der Waals surface area contributed by atoms with E-state index in [9.17, 15) is 0 Å². The largest absolute Gasteiger partial charge is 0.333 e. The van der Waals surface area contributed by atoms with Crippen molar-refractivity contribution < 1.29 is 0 Å². The van der Waals surface area contributed by atoms with E-state index in [2.05, 4.69) is 51.1 Å². The number of nitrogens with two attached hydrogens (primary N) is 1. The highest BCUT2D eigenvalue weighted by molar-refractivity contribution is 5.06. The molecule has 0 aromatic carbocycles. The van der Waals surface area contributed by atoms with Gasteiger partial charge in [-0.1, -0.05) is 41.5 Å². The van der Waals surface area contributed by atoms with Crippen molar-refractivity contribution in [2.45, 2.75) is 54.1 Å². The fourth-order valence-corrected chi connectivity index (χ4v) is 1.70. The highest BCUT2D eigenvalue weighted by Gasteiger charge is 2.25. The summed E-state index contributed by atoms with van der Waals surface area (Å²) < 4.78 is 2.21. The quantitative estimate of drug-likeness (QED) is 0.854. The summed E-state index contributed by atoms with van der Waals surface area (Å²) in [5.74, 6) is 1.07. The molecule has 98 valence electrons. The van der Waals surface area contributed by atoms with Crippen molar-refractivity contribution >= 4 is 0 Å². The molecule has 1 unspecified atom stereocenters. The molecule has 1 heterocycles. The number of hydrogen-bond donors (Lipinski definition) is 1. The first-order chi connectivity index (χ1) is 7.75.